The Balaban J connectivity index is 1.20. The van der Waals surface area contributed by atoms with Gasteiger partial charge in [-0.05, 0) is 174 Å². The Kier molecular flexibility index (Phi) is 3.13. The number of benzene rings is 6. The summed E-state index contributed by atoms with van der Waals surface area (Å²) in [6, 6.07) is 20.7. The highest BCUT2D eigenvalue weighted by atomic mass is 15.2. The summed E-state index contributed by atoms with van der Waals surface area (Å²) in [5.74, 6) is 4.32. The van der Waals surface area contributed by atoms with Gasteiger partial charge in [0.25, 0.3) is 0 Å². The predicted octanol–water partition coefficient (Wildman–Crippen LogP) is 10.2. The summed E-state index contributed by atoms with van der Waals surface area (Å²) < 4.78 is 0. The third-order valence-electron chi connectivity index (χ3n) is 17.9. The van der Waals surface area contributed by atoms with E-state index in [0.29, 0.717) is 59.4 Å². The van der Waals surface area contributed by atoms with E-state index in [2.05, 4.69) is 98.6 Å². The second-order valence-corrected chi connectivity index (χ2v) is 18.9. The Morgan fingerprint density at radius 3 is 2.04 bits per heavy atom. The molecule has 10 atom stereocenters. The first-order chi connectivity index (χ1) is 25.6. The van der Waals surface area contributed by atoms with Crippen LogP contribution in [-0.2, 0) is 0 Å². The van der Waals surface area contributed by atoms with Crippen molar-refractivity contribution >= 4 is 103 Å². The molecule has 0 spiro atoms. The second kappa shape index (κ2) is 6.70. The number of hydrogen-bond acceptors (Lipinski definition) is 1. The molecule has 0 aromatic heterocycles. The zero-order chi connectivity index (χ0) is 32.8. The van der Waals surface area contributed by atoms with Gasteiger partial charge in [-0.3, -0.25) is 4.90 Å². The molecule has 240 valence electrons. The van der Waals surface area contributed by atoms with E-state index in [1.54, 1.807) is 103 Å². The molecule has 1 heteroatoms. The van der Waals surface area contributed by atoms with Crippen molar-refractivity contribution in [2.45, 2.75) is 43.7 Å². The first kappa shape index (κ1) is 24.3. The lowest BCUT2D eigenvalue weighted by atomic mass is 9.63. The molecule has 0 N–H and O–H groups in total. The molecule has 0 amide bonds. The Morgan fingerprint density at radius 2 is 1.19 bits per heavy atom. The van der Waals surface area contributed by atoms with Crippen LogP contribution in [0.3, 0.4) is 0 Å². The van der Waals surface area contributed by atoms with Crippen molar-refractivity contribution in [3.05, 3.63) is 111 Å². The molecule has 1 saturated carbocycles. The number of rotatable bonds is 1. The highest BCUT2D eigenvalue weighted by Gasteiger charge is 2.63. The standard InChI is InChI=1S/C51H31N/c1-16-4-6-18(7-5-16)51-50-27(17(2)52(51)3)34-25-14-12-23-21-10-8-19-20-9-11-22-24-13-15-26-36-33(24)40-31(22)29(20)38-28(19)30(21)39-32(23)35(25)42-41(34)44(37(26)50)43(36)49-47(40)45(38)46(39)48(42)49/h4-15,17,22,24,26-27,31,33,36,50-51H,1-3H3. The topological polar surface area (TPSA) is 3.24 Å². The number of hydrogen-bond donors (Lipinski definition) is 0. The van der Waals surface area contributed by atoms with Crippen LogP contribution in [0, 0.1) is 36.5 Å². The van der Waals surface area contributed by atoms with Crippen LogP contribution in [-0.4, -0.2) is 18.0 Å². The normalized spacial score (nSPS) is 34.1. The highest BCUT2D eigenvalue weighted by molar-refractivity contribution is 6.57. The molecule has 10 aromatic carbocycles. The monoisotopic (exact) mass is 657 g/mol. The van der Waals surface area contributed by atoms with Gasteiger partial charge in [-0.1, -0.05) is 78.4 Å². The average molecular weight is 658 g/mol. The Morgan fingerprint density at radius 1 is 0.500 bits per heavy atom. The zero-order valence-corrected chi connectivity index (χ0v) is 29.1. The molecule has 18 rings (SSSR count). The molecule has 1 heterocycles. The maximum absolute atomic E-state index is 2.80. The maximum Gasteiger partial charge on any atom is 0.0420 e. The number of fused-ring (bicyclic) bond motifs is 8. The first-order valence-corrected chi connectivity index (χ1v) is 20.1. The van der Waals surface area contributed by atoms with E-state index >= 15 is 0 Å². The largest absolute Gasteiger partial charge is 0.295 e. The molecular formula is C51H31N. The molecule has 2 fully saturated rings. The molecular weight excluding hydrogens is 627 g/mol. The van der Waals surface area contributed by atoms with Crippen LogP contribution in [0.4, 0.5) is 0 Å². The fraction of sp³-hybridized carbons (Fsp3) is 0.255. The smallest absolute Gasteiger partial charge is 0.0420 e. The quantitative estimate of drug-likeness (QED) is 0.125. The van der Waals surface area contributed by atoms with Crippen LogP contribution < -0.4 is 10.4 Å². The van der Waals surface area contributed by atoms with Crippen molar-refractivity contribution in [1.29, 1.82) is 0 Å². The summed E-state index contributed by atoms with van der Waals surface area (Å²) in [5.41, 5.74) is 13.4. The van der Waals surface area contributed by atoms with Gasteiger partial charge in [-0.2, -0.15) is 0 Å². The zero-order valence-electron chi connectivity index (χ0n) is 29.1. The van der Waals surface area contributed by atoms with Crippen molar-refractivity contribution < 1.29 is 0 Å². The number of likely N-dealkylation sites (N-methyl/N-ethyl adjacent to an activating group) is 1. The van der Waals surface area contributed by atoms with Gasteiger partial charge < -0.3 is 0 Å². The van der Waals surface area contributed by atoms with Gasteiger partial charge in [0.15, 0.2) is 0 Å². The van der Waals surface area contributed by atoms with Crippen molar-refractivity contribution in [3.63, 3.8) is 0 Å². The number of nitrogens with zero attached hydrogens (tertiary/aromatic N) is 1. The number of aryl methyl sites for hydroxylation is 1. The van der Waals surface area contributed by atoms with Crippen molar-refractivity contribution in [2.24, 2.45) is 29.6 Å². The SMILES string of the molecule is Cc1ccc(C2C3C4=c5c6c7c8c9c%10c%11c(c%12ccc%13c%14ccc%15c(c5c5c%15c%14c(c%13c%12%10)c9c75)C3C(C)N2C)C=CC2C%11C=8C3C2C=CC4C63)cc1. The minimum atomic E-state index is 0.379. The molecule has 10 aromatic rings. The Bertz CT molecular complexity index is 3670. The third kappa shape index (κ3) is 1.85. The molecule has 0 bridgehead atoms. The average Bonchev–Trinajstić information content (AvgIpc) is 4.01. The molecule has 10 unspecified atom stereocenters. The minimum Gasteiger partial charge on any atom is -0.295 e. The van der Waals surface area contributed by atoms with E-state index in [1.165, 1.54) is 27.3 Å². The minimum absolute atomic E-state index is 0.379. The van der Waals surface area contributed by atoms with Gasteiger partial charge >= 0.3 is 0 Å². The Hall–Kier alpha value is -4.98. The van der Waals surface area contributed by atoms with Gasteiger partial charge in [0, 0.05) is 41.7 Å². The van der Waals surface area contributed by atoms with E-state index in [1.807, 2.05) is 11.1 Å². The van der Waals surface area contributed by atoms with Crippen LogP contribution >= 0.6 is 0 Å². The van der Waals surface area contributed by atoms with Crippen molar-refractivity contribution in [3.8, 4) is 0 Å². The summed E-state index contributed by atoms with van der Waals surface area (Å²) in [5, 5.41) is 29.4. The maximum atomic E-state index is 2.80. The molecule has 8 aliphatic rings. The van der Waals surface area contributed by atoms with E-state index < -0.39 is 0 Å². The van der Waals surface area contributed by atoms with E-state index in [4.69, 9.17) is 0 Å². The number of likely N-dealkylation sites (tertiary alicyclic amines) is 1. The summed E-state index contributed by atoms with van der Waals surface area (Å²) in [7, 11) is 2.46. The molecule has 1 saturated heterocycles. The van der Waals surface area contributed by atoms with Crippen molar-refractivity contribution in [2.75, 3.05) is 7.05 Å². The highest BCUT2D eigenvalue weighted by Crippen LogP contribution is 2.73. The predicted molar refractivity (Wildman–Crippen MR) is 215 cm³/mol. The van der Waals surface area contributed by atoms with E-state index in [0.717, 1.165) is 0 Å². The van der Waals surface area contributed by atoms with Crippen LogP contribution in [0.15, 0.2) is 66.8 Å². The van der Waals surface area contributed by atoms with Gasteiger partial charge in [-0.25, -0.2) is 0 Å². The van der Waals surface area contributed by atoms with Gasteiger partial charge in [0.1, 0.15) is 0 Å². The fourth-order valence-electron chi connectivity index (χ4n) is 16.7. The Labute approximate surface area is 298 Å². The first-order valence-electron chi connectivity index (χ1n) is 20.1. The summed E-state index contributed by atoms with van der Waals surface area (Å²) >= 11 is 0. The van der Waals surface area contributed by atoms with Crippen LogP contribution in [0.25, 0.3) is 103 Å². The lowest BCUT2D eigenvalue weighted by molar-refractivity contribution is 0.243. The molecule has 52 heavy (non-hydrogen) atoms. The van der Waals surface area contributed by atoms with Gasteiger partial charge in [0.05, 0.1) is 0 Å². The van der Waals surface area contributed by atoms with E-state index in [9.17, 15) is 0 Å². The lowest BCUT2D eigenvalue weighted by Crippen LogP contribution is -2.33. The third-order valence-corrected chi connectivity index (χ3v) is 17.9. The van der Waals surface area contributed by atoms with Crippen LogP contribution in [0.1, 0.15) is 64.1 Å². The van der Waals surface area contributed by atoms with Crippen LogP contribution in [0.5, 0.6) is 0 Å². The fourth-order valence-corrected chi connectivity index (χ4v) is 16.7. The molecule has 7 aliphatic carbocycles. The van der Waals surface area contributed by atoms with Crippen molar-refractivity contribution in [1.82, 2.24) is 4.90 Å². The molecule has 0 radical (unpaired) electrons. The van der Waals surface area contributed by atoms with Crippen LogP contribution in [0.2, 0.25) is 0 Å². The summed E-state index contributed by atoms with van der Waals surface area (Å²) in [6.45, 7) is 4.81. The number of allylic oxidation sites excluding steroid dienone is 3. The summed E-state index contributed by atoms with van der Waals surface area (Å²) in [6.07, 6.45) is 10.8. The molecule has 1 aliphatic heterocycles. The van der Waals surface area contributed by atoms with E-state index in [-0.39, 0.29) is 0 Å². The second-order valence-electron chi connectivity index (χ2n) is 18.9. The lowest BCUT2D eigenvalue weighted by Gasteiger charge is -2.40. The molecule has 1 nitrogen and oxygen atoms in total. The summed E-state index contributed by atoms with van der Waals surface area (Å²) in [4.78, 5) is 2.80. The van der Waals surface area contributed by atoms with Gasteiger partial charge in [0.2, 0.25) is 0 Å². The van der Waals surface area contributed by atoms with Gasteiger partial charge in [-0.15, -0.1) is 0 Å².